The van der Waals surface area contributed by atoms with Gasteiger partial charge < -0.3 is 19.8 Å². The van der Waals surface area contributed by atoms with E-state index >= 15 is 0 Å². The van der Waals surface area contributed by atoms with Crippen LogP contribution in [0.4, 0.5) is 16.2 Å². The van der Waals surface area contributed by atoms with E-state index < -0.39 is 22.1 Å². The van der Waals surface area contributed by atoms with Crippen LogP contribution in [0.3, 0.4) is 0 Å². The zero-order valence-electron chi connectivity index (χ0n) is 24.7. The number of ether oxygens (including phenoxy) is 2. The largest absolute Gasteiger partial charge is 0.497 e. The van der Waals surface area contributed by atoms with Crippen molar-refractivity contribution in [3.05, 3.63) is 87.9 Å². The number of fused-ring (bicyclic) bond motifs is 1. The summed E-state index contributed by atoms with van der Waals surface area (Å²) in [5.41, 5.74) is 0.994. The van der Waals surface area contributed by atoms with Gasteiger partial charge in [-0.1, -0.05) is 29.8 Å². The van der Waals surface area contributed by atoms with Crippen LogP contribution in [0.1, 0.15) is 18.8 Å². The van der Waals surface area contributed by atoms with Crippen LogP contribution >= 0.6 is 11.6 Å². The Kier molecular flexibility index (Phi) is 9.00. The summed E-state index contributed by atoms with van der Waals surface area (Å²) in [6.07, 6.45) is 1.17. The third-order valence-electron chi connectivity index (χ3n) is 7.45. The monoisotopic (exact) mass is 640 g/mol. The molecule has 12 nitrogen and oxygen atoms in total. The maximum absolute atomic E-state index is 14.1. The minimum Gasteiger partial charge on any atom is -0.497 e. The van der Waals surface area contributed by atoms with Crippen LogP contribution in [-0.4, -0.2) is 75.1 Å². The number of urea groups is 1. The molecule has 1 saturated heterocycles. The Labute approximate surface area is 260 Å². The highest BCUT2D eigenvalue weighted by atomic mass is 35.5. The highest BCUT2D eigenvalue weighted by Crippen LogP contribution is 2.37. The van der Waals surface area contributed by atoms with Crippen LogP contribution < -0.4 is 30.3 Å². The molecule has 1 aliphatic heterocycles. The summed E-state index contributed by atoms with van der Waals surface area (Å²) in [4.78, 5) is 34.6. The molecule has 1 unspecified atom stereocenters. The van der Waals surface area contributed by atoms with Gasteiger partial charge in [-0.05, 0) is 49.4 Å². The Hall–Kier alpha value is -4.33. The highest BCUT2D eigenvalue weighted by Gasteiger charge is 2.33. The number of benzene rings is 3. The summed E-state index contributed by atoms with van der Waals surface area (Å²) in [5.74, 6) is 1.16. The molecule has 0 saturated carbocycles. The van der Waals surface area contributed by atoms with Crippen molar-refractivity contribution < 1.29 is 22.7 Å². The fourth-order valence-corrected chi connectivity index (χ4v) is 6.25. The van der Waals surface area contributed by atoms with Gasteiger partial charge in [0.1, 0.15) is 11.5 Å². The lowest BCUT2D eigenvalue weighted by Crippen LogP contribution is -2.56. The highest BCUT2D eigenvalue weighted by molar-refractivity contribution is 7.88. The smallest absolute Gasteiger partial charge is 0.327 e. The number of methoxy groups -OCH3 is 2. The standard InChI is InChI=1S/C30H33ClN6O6S/c1-20(36(26-13-12-23(42-2)19-27(26)43-3)30(39)32-22-9-7-8-21(31)18-22)28-33-25-11-6-5-10-24(25)29(38)37(28)34-14-16-35(17-15-34)44(4,40)41/h5-13,18-20H,14-17H2,1-4H3,(H,32,39). The van der Waals surface area contributed by atoms with Crippen molar-refractivity contribution in [3.8, 4) is 11.5 Å². The molecule has 0 spiro atoms. The van der Waals surface area contributed by atoms with Gasteiger partial charge in [0.25, 0.3) is 5.56 Å². The van der Waals surface area contributed by atoms with Crippen LogP contribution in [0.25, 0.3) is 10.9 Å². The quantitative estimate of drug-likeness (QED) is 0.305. The van der Waals surface area contributed by atoms with E-state index in [4.69, 9.17) is 26.1 Å². The molecular formula is C30H33ClN6O6S. The number of aromatic nitrogens is 2. The summed E-state index contributed by atoms with van der Waals surface area (Å²) in [5, 5.41) is 5.51. The zero-order valence-corrected chi connectivity index (χ0v) is 26.3. The predicted octanol–water partition coefficient (Wildman–Crippen LogP) is 4.08. The molecular weight excluding hydrogens is 608 g/mol. The van der Waals surface area contributed by atoms with Crippen molar-refractivity contribution >= 4 is 49.9 Å². The zero-order chi connectivity index (χ0) is 31.6. The summed E-state index contributed by atoms with van der Waals surface area (Å²) in [6.45, 7) is 2.63. The van der Waals surface area contributed by atoms with Crippen LogP contribution in [0.5, 0.6) is 11.5 Å². The van der Waals surface area contributed by atoms with Gasteiger partial charge in [0.2, 0.25) is 10.0 Å². The van der Waals surface area contributed by atoms with Crippen LogP contribution in [0, 0.1) is 0 Å². The Morgan fingerprint density at radius 2 is 1.73 bits per heavy atom. The van der Waals surface area contributed by atoms with Crippen molar-refractivity contribution in [2.75, 3.05) is 61.9 Å². The Bertz CT molecular complexity index is 1860. The molecule has 1 N–H and O–H groups in total. The Morgan fingerprint density at radius 3 is 2.39 bits per heavy atom. The lowest BCUT2D eigenvalue weighted by Gasteiger charge is -2.38. The van der Waals surface area contributed by atoms with Gasteiger partial charge in [0, 0.05) is 43.0 Å². The lowest BCUT2D eigenvalue weighted by atomic mass is 10.1. The number of rotatable bonds is 8. The minimum atomic E-state index is -3.40. The van der Waals surface area contributed by atoms with Gasteiger partial charge in [0.15, 0.2) is 5.82 Å². The fourth-order valence-electron chi connectivity index (χ4n) is 5.24. The van der Waals surface area contributed by atoms with E-state index in [1.807, 2.05) is 0 Å². The second kappa shape index (κ2) is 12.7. The molecule has 0 bridgehead atoms. The van der Waals surface area contributed by atoms with Crippen LogP contribution in [0.2, 0.25) is 5.02 Å². The van der Waals surface area contributed by atoms with E-state index in [1.165, 1.54) is 34.4 Å². The number of para-hydroxylation sites is 1. The summed E-state index contributed by atoms with van der Waals surface area (Å²) < 4.78 is 38.3. The first-order valence-electron chi connectivity index (χ1n) is 13.8. The third-order valence-corrected chi connectivity index (χ3v) is 8.99. The van der Waals surface area contributed by atoms with Crippen molar-refractivity contribution in [2.24, 2.45) is 0 Å². The first-order chi connectivity index (χ1) is 21.0. The second-order valence-electron chi connectivity index (χ2n) is 10.2. The number of sulfonamides is 1. The van der Waals surface area contributed by atoms with Gasteiger partial charge in [-0.25, -0.2) is 22.9 Å². The number of hydrogen-bond acceptors (Lipinski definition) is 8. The number of carbonyl (C=O) groups is 1. The summed E-state index contributed by atoms with van der Waals surface area (Å²) in [6, 6.07) is 17.4. The second-order valence-corrected chi connectivity index (χ2v) is 12.7. The van der Waals surface area contributed by atoms with Crippen molar-refractivity contribution in [3.63, 3.8) is 0 Å². The maximum atomic E-state index is 14.1. The van der Waals surface area contributed by atoms with E-state index in [0.29, 0.717) is 38.8 Å². The average molecular weight is 641 g/mol. The predicted molar refractivity (Wildman–Crippen MR) is 171 cm³/mol. The number of piperazine rings is 1. The number of anilines is 2. The van der Waals surface area contributed by atoms with E-state index in [2.05, 4.69) is 5.32 Å². The number of carbonyl (C=O) groups excluding carboxylic acids is 1. The Morgan fingerprint density at radius 1 is 1.00 bits per heavy atom. The first-order valence-corrected chi connectivity index (χ1v) is 16.0. The molecule has 2 amide bonds. The van der Waals surface area contributed by atoms with Gasteiger partial charge in [-0.3, -0.25) is 9.69 Å². The molecule has 3 aromatic carbocycles. The molecule has 1 fully saturated rings. The number of hydrogen-bond donors (Lipinski definition) is 1. The minimum absolute atomic E-state index is 0.192. The molecule has 4 aromatic rings. The number of halogens is 1. The maximum Gasteiger partial charge on any atom is 0.327 e. The van der Waals surface area contributed by atoms with Crippen molar-refractivity contribution in [1.82, 2.24) is 14.0 Å². The molecule has 14 heteroatoms. The van der Waals surface area contributed by atoms with Crippen LogP contribution in [0.15, 0.2) is 71.5 Å². The van der Waals surface area contributed by atoms with E-state index in [-0.39, 0.29) is 37.6 Å². The number of nitrogens with zero attached hydrogens (tertiary/aromatic N) is 5. The average Bonchev–Trinajstić information content (AvgIpc) is 3.01. The molecule has 1 aliphatic rings. The summed E-state index contributed by atoms with van der Waals surface area (Å²) in [7, 11) is -0.384. The third kappa shape index (κ3) is 6.30. The van der Waals surface area contributed by atoms with Gasteiger partial charge in [0.05, 0.1) is 43.1 Å². The van der Waals surface area contributed by atoms with Crippen molar-refractivity contribution in [1.29, 1.82) is 0 Å². The lowest BCUT2D eigenvalue weighted by molar-refractivity contribution is 0.254. The topological polar surface area (TPSA) is 126 Å². The van der Waals surface area contributed by atoms with Crippen LogP contribution in [-0.2, 0) is 10.0 Å². The normalized spacial score (nSPS) is 14.7. The molecule has 5 rings (SSSR count). The number of nitrogens with one attached hydrogen (secondary N) is 1. The Balaban J connectivity index is 1.66. The van der Waals surface area contributed by atoms with E-state index in [1.54, 1.807) is 78.7 Å². The van der Waals surface area contributed by atoms with Crippen molar-refractivity contribution in [2.45, 2.75) is 13.0 Å². The molecule has 0 aliphatic carbocycles. The van der Waals surface area contributed by atoms with E-state index in [9.17, 15) is 18.0 Å². The molecule has 2 heterocycles. The molecule has 0 radical (unpaired) electrons. The van der Waals surface area contributed by atoms with Gasteiger partial charge in [-0.2, -0.15) is 4.31 Å². The van der Waals surface area contributed by atoms with E-state index in [0.717, 1.165) is 0 Å². The van der Waals surface area contributed by atoms with Gasteiger partial charge >= 0.3 is 6.03 Å². The first kappa shape index (κ1) is 31.1. The fraction of sp³-hybridized carbons (Fsp3) is 0.300. The van der Waals surface area contributed by atoms with Gasteiger partial charge in [-0.15, -0.1) is 0 Å². The summed E-state index contributed by atoms with van der Waals surface area (Å²) >= 11 is 6.19. The SMILES string of the molecule is COc1ccc(N(C(=O)Nc2cccc(Cl)c2)C(C)c2nc3ccccc3c(=O)n2N2CCN(S(C)(=O)=O)CC2)c(OC)c1. The molecule has 232 valence electrons. The molecule has 1 atom stereocenters. The molecule has 44 heavy (non-hydrogen) atoms. The molecule has 1 aromatic heterocycles. The number of amides is 2.